The van der Waals surface area contributed by atoms with Crippen molar-refractivity contribution < 1.29 is 0 Å². The molecular weight excluding hydrogens is 264 g/mol. The highest BCUT2D eigenvalue weighted by Crippen LogP contribution is 2.28. The van der Waals surface area contributed by atoms with Gasteiger partial charge in [0, 0.05) is 23.0 Å². The first-order chi connectivity index (χ1) is 9.76. The summed E-state index contributed by atoms with van der Waals surface area (Å²) in [5.74, 6) is 0. The number of thioether (sulfide) groups is 1. The largest absolute Gasteiger partial charge is 0.307 e. The smallest absolute Gasteiger partial charge is 0.0294 e. The van der Waals surface area contributed by atoms with E-state index in [1.807, 2.05) is 11.8 Å². The molecule has 2 saturated heterocycles. The van der Waals surface area contributed by atoms with Crippen LogP contribution in [0.3, 0.4) is 0 Å². The van der Waals surface area contributed by atoms with Crippen molar-refractivity contribution in [1.82, 2.24) is 10.2 Å². The maximum absolute atomic E-state index is 3.85. The molecule has 2 nitrogen and oxygen atoms in total. The molecule has 3 rings (SSSR count). The van der Waals surface area contributed by atoms with Gasteiger partial charge in [0.25, 0.3) is 0 Å². The Bertz CT molecular complexity index is 431. The number of fused-ring (bicyclic) bond motifs is 1. The monoisotopic (exact) mass is 290 g/mol. The Morgan fingerprint density at radius 2 is 2.00 bits per heavy atom. The van der Waals surface area contributed by atoms with Gasteiger partial charge in [0.05, 0.1) is 0 Å². The molecule has 2 heterocycles. The van der Waals surface area contributed by atoms with Crippen LogP contribution in [0.2, 0.25) is 0 Å². The topological polar surface area (TPSA) is 15.3 Å². The number of rotatable bonds is 4. The van der Waals surface area contributed by atoms with Gasteiger partial charge in [-0.15, -0.1) is 11.8 Å². The van der Waals surface area contributed by atoms with Crippen molar-refractivity contribution in [2.75, 3.05) is 19.3 Å². The van der Waals surface area contributed by atoms with E-state index in [1.54, 1.807) is 0 Å². The summed E-state index contributed by atoms with van der Waals surface area (Å²) in [6.07, 6.45) is 7.60. The molecule has 2 aliphatic rings. The lowest BCUT2D eigenvalue weighted by Crippen LogP contribution is -2.46. The molecule has 1 N–H and O–H groups in total. The number of nitrogens with zero attached hydrogens (tertiary/aromatic N) is 1. The molecule has 1 aromatic carbocycles. The predicted octanol–water partition coefficient (Wildman–Crippen LogP) is 3.69. The number of hydrogen-bond acceptors (Lipinski definition) is 3. The Kier molecular flexibility index (Phi) is 4.69. The lowest BCUT2D eigenvalue weighted by Gasteiger charge is -2.36. The SMILES string of the molecule is CSc1ccc(C(C)NC2CCN3CCCC3C2)cc1. The van der Waals surface area contributed by atoms with Crippen molar-refractivity contribution in [2.24, 2.45) is 0 Å². The lowest BCUT2D eigenvalue weighted by atomic mass is 9.96. The number of hydrogen-bond donors (Lipinski definition) is 1. The first-order valence-electron chi connectivity index (χ1n) is 7.90. The van der Waals surface area contributed by atoms with Gasteiger partial charge in [-0.25, -0.2) is 0 Å². The Labute approximate surface area is 127 Å². The van der Waals surface area contributed by atoms with Gasteiger partial charge in [0.2, 0.25) is 0 Å². The van der Waals surface area contributed by atoms with E-state index in [2.05, 4.69) is 47.7 Å². The van der Waals surface area contributed by atoms with E-state index in [0.717, 1.165) is 6.04 Å². The Morgan fingerprint density at radius 3 is 2.75 bits per heavy atom. The molecule has 20 heavy (non-hydrogen) atoms. The Morgan fingerprint density at radius 1 is 1.20 bits per heavy atom. The summed E-state index contributed by atoms with van der Waals surface area (Å²) in [5, 5.41) is 3.85. The van der Waals surface area contributed by atoms with Gasteiger partial charge in [-0.3, -0.25) is 0 Å². The van der Waals surface area contributed by atoms with Gasteiger partial charge >= 0.3 is 0 Å². The molecule has 0 bridgehead atoms. The average molecular weight is 290 g/mol. The van der Waals surface area contributed by atoms with E-state index in [0.29, 0.717) is 12.1 Å². The third-order valence-electron chi connectivity index (χ3n) is 4.92. The van der Waals surface area contributed by atoms with Crippen LogP contribution in [0.5, 0.6) is 0 Å². The summed E-state index contributed by atoms with van der Waals surface area (Å²) in [6, 6.07) is 11.0. The quantitative estimate of drug-likeness (QED) is 0.852. The highest BCUT2D eigenvalue weighted by molar-refractivity contribution is 7.98. The Balaban J connectivity index is 1.56. The molecule has 0 saturated carbocycles. The fourth-order valence-electron chi connectivity index (χ4n) is 3.72. The lowest BCUT2D eigenvalue weighted by molar-refractivity contribution is 0.162. The summed E-state index contributed by atoms with van der Waals surface area (Å²) in [6.45, 7) is 4.93. The Hall–Kier alpha value is -0.510. The summed E-state index contributed by atoms with van der Waals surface area (Å²) in [4.78, 5) is 4.04. The first-order valence-corrected chi connectivity index (χ1v) is 9.13. The van der Waals surface area contributed by atoms with Crippen LogP contribution in [0.25, 0.3) is 0 Å². The van der Waals surface area contributed by atoms with Crippen LogP contribution in [0.1, 0.15) is 44.2 Å². The maximum Gasteiger partial charge on any atom is 0.0294 e. The van der Waals surface area contributed by atoms with Gasteiger partial charge in [-0.1, -0.05) is 12.1 Å². The number of nitrogens with one attached hydrogen (secondary N) is 1. The zero-order valence-corrected chi connectivity index (χ0v) is 13.5. The molecule has 0 aromatic heterocycles. The van der Waals surface area contributed by atoms with E-state index < -0.39 is 0 Å². The molecule has 1 aromatic rings. The van der Waals surface area contributed by atoms with Crippen LogP contribution in [0.4, 0.5) is 0 Å². The minimum atomic E-state index is 0.462. The molecule has 0 amide bonds. The highest BCUT2D eigenvalue weighted by Gasteiger charge is 2.31. The number of piperidine rings is 1. The highest BCUT2D eigenvalue weighted by atomic mass is 32.2. The van der Waals surface area contributed by atoms with Gasteiger partial charge in [-0.05, 0) is 69.6 Å². The van der Waals surface area contributed by atoms with E-state index >= 15 is 0 Å². The van der Waals surface area contributed by atoms with Crippen molar-refractivity contribution in [3.05, 3.63) is 29.8 Å². The van der Waals surface area contributed by atoms with Crippen molar-refractivity contribution in [3.8, 4) is 0 Å². The maximum atomic E-state index is 3.85. The van der Waals surface area contributed by atoms with Crippen LogP contribution in [0.15, 0.2) is 29.2 Å². The van der Waals surface area contributed by atoms with E-state index in [4.69, 9.17) is 0 Å². The standard InChI is InChI=1S/C17H26N2S/c1-13(14-5-7-17(20-2)8-6-14)18-15-9-11-19-10-3-4-16(19)12-15/h5-8,13,15-16,18H,3-4,9-12H2,1-2H3. The van der Waals surface area contributed by atoms with Crippen molar-refractivity contribution in [2.45, 2.75) is 55.6 Å². The third-order valence-corrected chi connectivity index (χ3v) is 5.67. The van der Waals surface area contributed by atoms with Gasteiger partial charge in [0.15, 0.2) is 0 Å². The normalized spacial score (nSPS) is 28.3. The first kappa shape index (κ1) is 14.4. The van der Waals surface area contributed by atoms with E-state index in [1.165, 1.54) is 49.2 Å². The predicted molar refractivity (Wildman–Crippen MR) is 87.4 cm³/mol. The molecule has 2 aliphatic heterocycles. The molecule has 0 aliphatic carbocycles. The summed E-state index contributed by atoms with van der Waals surface area (Å²) in [5.41, 5.74) is 1.41. The number of benzene rings is 1. The molecule has 3 unspecified atom stereocenters. The fraction of sp³-hybridized carbons (Fsp3) is 0.647. The van der Waals surface area contributed by atoms with Crippen molar-refractivity contribution in [1.29, 1.82) is 0 Å². The van der Waals surface area contributed by atoms with Gasteiger partial charge in [-0.2, -0.15) is 0 Å². The van der Waals surface area contributed by atoms with Crippen molar-refractivity contribution >= 4 is 11.8 Å². The fourth-order valence-corrected chi connectivity index (χ4v) is 4.13. The van der Waals surface area contributed by atoms with Crippen LogP contribution < -0.4 is 5.32 Å². The van der Waals surface area contributed by atoms with E-state index in [9.17, 15) is 0 Å². The molecule has 3 atom stereocenters. The molecule has 110 valence electrons. The second-order valence-electron chi connectivity index (χ2n) is 6.21. The molecule has 0 radical (unpaired) electrons. The summed E-state index contributed by atoms with van der Waals surface area (Å²) in [7, 11) is 0. The second-order valence-corrected chi connectivity index (χ2v) is 7.09. The molecule has 3 heteroatoms. The molecular formula is C17H26N2S. The van der Waals surface area contributed by atoms with Crippen LogP contribution in [-0.2, 0) is 0 Å². The minimum absolute atomic E-state index is 0.462. The van der Waals surface area contributed by atoms with Crippen LogP contribution in [0, 0.1) is 0 Å². The molecule has 2 fully saturated rings. The summed E-state index contributed by atoms with van der Waals surface area (Å²) >= 11 is 1.81. The second kappa shape index (κ2) is 6.50. The molecule has 0 spiro atoms. The third kappa shape index (κ3) is 3.21. The zero-order chi connectivity index (χ0) is 13.9. The van der Waals surface area contributed by atoms with Gasteiger partial charge < -0.3 is 10.2 Å². The van der Waals surface area contributed by atoms with Crippen LogP contribution >= 0.6 is 11.8 Å². The van der Waals surface area contributed by atoms with Gasteiger partial charge in [0.1, 0.15) is 0 Å². The average Bonchev–Trinajstić information content (AvgIpc) is 2.95. The van der Waals surface area contributed by atoms with Crippen molar-refractivity contribution in [3.63, 3.8) is 0 Å². The van der Waals surface area contributed by atoms with Crippen LogP contribution in [-0.4, -0.2) is 36.3 Å². The zero-order valence-electron chi connectivity index (χ0n) is 12.6. The van der Waals surface area contributed by atoms with E-state index in [-0.39, 0.29) is 0 Å². The minimum Gasteiger partial charge on any atom is -0.307 e. The summed E-state index contributed by atoms with van der Waals surface area (Å²) < 4.78 is 0.